The monoisotopic (exact) mass is 385 g/mol. The summed E-state index contributed by atoms with van der Waals surface area (Å²) in [6, 6.07) is 8.75. The Morgan fingerprint density at radius 1 is 1.29 bits per heavy atom. The Balaban J connectivity index is 1.61. The van der Waals surface area contributed by atoms with Gasteiger partial charge in [-0.15, -0.1) is 0 Å². The summed E-state index contributed by atoms with van der Waals surface area (Å²) < 4.78 is 10.6. The topological polar surface area (TPSA) is 84.7 Å². The molecule has 3 rings (SSSR count). The van der Waals surface area contributed by atoms with Crippen molar-refractivity contribution >= 4 is 17.6 Å². The summed E-state index contributed by atoms with van der Waals surface area (Å²) >= 11 is 0. The Kier molecular flexibility index (Phi) is 6.68. The highest BCUT2D eigenvalue weighted by atomic mass is 16.5. The molecule has 1 heterocycles. The van der Waals surface area contributed by atoms with Crippen LogP contribution in [0.2, 0.25) is 0 Å². The summed E-state index contributed by atoms with van der Waals surface area (Å²) in [5.74, 6) is 1.75. The predicted molar refractivity (Wildman–Crippen MR) is 105 cm³/mol. The molecule has 0 spiro atoms. The molecule has 1 aromatic carbocycles. The molecule has 1 aliphatic carbocycles. The quantitative estimate of drug-likeness (QED) is 0.631. The Morgan fingerprint density at radius 2 is 2.04 bits per heavy atom. The minimum Gasteiger partial charge on any atom is -0.494 e. The number of anilines is 1. The first kappa shape index (κ1) is 19.9. The number of hydrogen-bond donors (Lipinski definition) is 1. The fourth-order valence-electron chi connectivity index (χ4n) is 2.82. The maximum absolute atomic E-state index is 12.9. The first-order chi connectivity index (χ1) is 13.5. The SMILES string of the molecule is CCCCOc1ccc(C(=O)N(CC(=O)Nc2cc(C)on2)CC2CC2)cc1. The molecule has 7 nitrogen and oxygen atoms in total. The number of aromatic nitrogens is 1. The zero-order chi connectivity index (χ0) is 19.9. The summed E-state index contributed by atoms with van der Waals surface area (Å²) in [7, 11) is 0. The van der Waals surface area contributed by atoms with Crippen LogP contribution < -0.4 is 10.1 Å². The van der Waals surface area contributed by atoms with Gasteiger partial charge in [-0.3, -0.25) is 9.59 Å². The molecule has 1 fully saturated rings. The summed E-state index contributed by atoms with van der Waals surface area (Å²) in [6.07, 6.45) is 4.26. The number of nitrogens with zero attached hydrogens (tertiary/aromatic N) is 2. The van der Waals surface area contributed by atoms with Gasteiger partial charge in [0, 0.05) is 18.2 Å². The molecule has 2 aromatic rings. The molecule has 7 heteroatoms. The lowest BCUT2D eigenvalue weighted by molar-refractivity contribution is -0.117. The van der Waals surface area contributed by atoms with Crippen molar-refractivity contribution in [3.63, 3.8) is 0 Å². The number of aryl methyl sites for hydroxylation is 1. The maximum atomic E-state index is 12.9. The van der Waals surface area contributed by atoms with E-state index in [1.54, 1.807) is 42.2 Å². The molecular formula is C21H27N3O4. The second kappa shape index (κ2) is 9.39. The highest BCUT2D eigenvalue weighted by Gasteiger charge is 2.28. The molecule has 1 aromatic heterocycles. The van der Waals surface area contributed by atoms with Crippen LogP contribution in [0.1, 0.15) is 48.7 Å². The van der Waals surface area contributed by atoms with Crippen molar-refractivity contribution in [3.8, 4) is 5.75 Å². The van der Waals surface area contributed by atoms with Gasteiger partial charge in [0.1, 0.15) is 18.1 Å². The number of rotatable bonds is 10. The second-order valence-electron chi connectivity index (χ2n) is 7.23. The molecule has 28 heavy (non-hydrogen) atoms. The van der Waals surface area contributed by atoms with E-state index in [1.165, 1.54) is 0 Å². The standard InChI is InChI=1S/C21H27N3O4/c1-3-4-11-27-18-9-7-17(8-10-18)21(26)24(13-16-5-6-16)14-20(25)22-19-12-15(2)28-23-19/h7-10,12,16H,3-6,11,13-14H2,1-2H3,(H,22,23,25). The van der Waals surface area contributed by atoms with Gasteiger partial charge in [-0.25, -0.2) is 0 Å². The van der Waals surface area contributed by atoms with Crippen molar-refractivity contribution in [2.24, 2.45) is 5.92 Å². The third-order valence-corrected chi connectivity index (χ3v) is 4.56. The van der Waals surface area contributed by atoms with Crippen molar-refractivity contribution in [1.82, 2.24) is 10.1 Å². The van der Waals surface area contributed by atoms with Crippen LogP contribution >= 0.6 is 0 Å². The van der Waals surface area contributed by atoms with E-state index in [2.05, 4.69) is 17.4 Å². The smallest absolute Gasteiger partial charge is 0.254 e. The normalized spacial score (nSPS) is 13.2. The minimum atomic E-state index is -0.290. The number of amides is 2. The van der Waals surface area contributed by atoms with E-state index in [1.807, 2.05) is 0 Å². The molecule has 2 amide bonds. The molecule has 0 aliphatic heterocycles. The van der Waals surface area contributed by atoms with Crippen molar-refractivity contribution in [3.05, 3.63) is 41.7 Å². The van der Waals surface area contributed by atoms with Crippen molar-refractivity contribution in [2.75, 3.05) is 25.0 Å². The number of ether oxygens (including phenoxy) is 1. The fraction of sp³-hybridized carbons (Fsp3) is 0.476. The molecule has 1 N–H and O–H groups in total. The van der Waals surface area contributed by atoms with E-state index in [4.69, 9.17) is 9.26 Å². The predicted octanol–water partition coefficient (Wildman–Crippen LogP) is 3.65. The number of nitrogens with one attached hydrogen (secondary N) is 1. The van der Waals surface area contributed by atoms with E-state index < -0.39 is 0 Å². The van der Waals surface area contributed by atoms with Gasteiger partial charge in [0.15, 0.2) is 5.82 Å². The Morgan fingerprint density at radius 3 is 2.64 bits per heavy atom. The molecule has 0 bridgehead atoms. The second-order valence-corrected chi connectivity index (χ2v) is 7.23. The van der Waals surface area contributed by atoms with Crippen molar-refractivity contribution in [1.29, 1.82) is 0 Å². The Bertz CT molecular complexity index is 796. The van der Waals surface area contributed by atoms with Gasteiger partial charge >= 0.3 is 0 Å². The summed E-state index contributed by atoms with van der Waals surface area (Å²) in [6.45, 7) is 5.09. The molecule has 150 valence electrons. The maximum Gasteiger partial charge on any atom is 0.254 e. The fourth-order valence-corrected chi connectivity index (χ4v) is 2.82. The lowest BCUT2D eigenvalue weighted by atomic mass is 10.1. The molecule has 0 saturated heterocycles. The summed E-state index contributed by atoms with van der Waals surface area (Å²) in [5, 5.41) is 6.43. The van der Waals surface area contributed by atoms with Gasteiger partial charge in [0.2, 0.25) is 5.91 Å². The summed E-state index contributed by atoms with van der Waals surface area (Å²) in [5.41, 5.74) is 0.550. The lowest BCUT2D eigenvalue weighted by Gasteiger charge is -2.22. The average Bonchev–Trinajstić information content (AvgIpc) is 3.41. The van der Waals surface area contributed by atoms with Crippen molar-refractivity contribution in [2.45, 2.75) is 39.5 Å². The van der Waals surface area contributed by atoms with Gasteiger partial charge in [0.25, 0.3) is 5.91 Å². The Hall–Kier alpha value is -2.83. The molecule has 0 unspecified atom stereocenters. The van der Waals surface area contributed by atoms with Gasteiger partial charge in [-0.2, -0.15) is 0 Å². The van der Waals surface area contributed by atoms with E-state index in [-0.39, 0.29) is 18.4 Å². The number of carbonyl (C=O) groups excluding carboxylic acids is 2. The molecule has 0 atom stereocenters. The number of carbonyl (C=O) groups is 2. The largest absolute Gasteiger partial charge is 0.494 e. The van der Waals surface area contributed by atoms with Gasteiger partial charge in [-0.05, 0) is 56.4 Å². The highest BCUT2D eigenvalue weighted by Crippen LogP contribution is 2.30. The van der Waals surface area contributed by atoms with Crippen LogP contribution in [0.4, 0.5) is 5.82 Å². The Labute approximate surface area is 165 Å². The van der Waals surface area contributed by atoms with Crippen LogP contribution in [0.15, 0.2) is 34.9 Å². The van der Waals surface area contributed by atoms with Crippen LogP contribution in [-0.4, -0.2) is 41.6 Å². The molecule has 1 saturated carbocycles. The first-order valence-corrected chi connectivity index (χ1v) is 9.80. The van der Waals surface area contributed by atoms with Crippen molar-refractivity contribution < 1.29 is 18.8 Å². The van der Waals surface area contributed by atoms with E-state index in [9.17, 15) is 9.59 Å². The van der Waals surface area contributed by atoms with Gasteiger partial charge in [-0.1, -0.05) is 18.5 Å². The zero-order valence-electron chi connectivity index (χ0n) is 16.4. The van der Waals surface area contributed by atoms with E-state index >= 15 is 0 Å². The van der Waals surface area contributed by atoms with Crippen LogP contribution in [0.25, 0.3) is 0 Å². The van der Waals surface area contributed by atoms with E-state index in [0.29, 0.717) is 36.2 Å². The molecular weight excluding hydrogens is 358 g/mol. The van der Waals surface area contributed by atoms with Crippen LogP contribution in [-0.2, 0) is 4.79 Å². The van der Waals surface area contributed by atoms with Gasteiger partial charge < -0.3 is 19.5 Å². The third kappa shape index (κ3) is 5.84. The molecule has 1 aliphatic rings. The average molecular weight is 385 g/mol. The van der Waals surface area contributed by atoms with Crippen LogP contribution in [0.5, 0.6) is 5.75 Å². The number of benzene rings is 1. The first-order valence-electron chi connectivity index (χ1n) is 9.80. The number of hydrogen-bond acceptors (Lipinski definition) is 5. The summed E-state index contributed by atoms with van der Waals surface area (Å²) in [4.78, 5) is 26.9. The minimum absolute atomic E-state index is 0.0179. The highest BCUT2D eigenvalue weighted by molar-refractivity contribution is 5.99. The van der Waals surface area contributed by atoms with Crippen LogP contribution in [0.3, 0.4) is 0 Å². The van der Waals surface area contributed by atoms with Crippen LogP contribution in [0, 0.1) is 12.8 Å². The third-order valence-electron chi connectivity index (χ3n) is 4.56. The molecule has 0 radical (unpaired) electrons. The number of unbranched alkanes of at least 4 members (excludes halogenated alkanes) is 1. The van der Waals surface area contributed by atoms with E-state index in [0.717, 1.165) is 31.4 Å². The van der Waals surface area contributed by atoms with Gasteiger partial charge in [0.05, 0.1) is 6.61 Å². The lowest BCUT2D eigenvalue weighted by Crippen LogP contribution is -2.39. The zero-order valence-corrected chi connectivity index (χ0v) is 16.4.